The molecule has 1 aliphatic heterocycles. The van der Waals surface area contributed by atoms with Crippen LogP contribution in [0.2, 0.25) is 0 Å². The highest BCUT2D eigenvalue weighted by atomic mass is 16.5. The van der Waals surface area contributed by atoms with Crippen molar-refractivity contribution < 1.29 is 4.74 Å². The number of hydrogen-bond donors (Lipinski definition) is 0. The van der Waals surface area contributed by atoms with E-state index in [0.717, 1.165) is 11.7 Å². The van der Waals surface area contributed by atoms with E-state index in [-0.39, 0.29) is 0 Å². The average molecular weight is 378 g/mol. The molecule has 1 aliphatic carbocycles. The van der Waals surface area contributed by atoms with Gasteiger partial charge in [0.1, 0.15) is 5.75 Å². The summed E-state index contributed by atoms with van der Waals surface area (Å²) in [6.07, 6.45) is 10.7. The zero-order chi connectivity index (χ0) is 19.2. The molecule has 2 fully saturated rings. The Bertz CT molecular complexity index is 743. The maximum absolute atomic E-state index is 5.53. The number of benzene rings is 2. The molecule has 1 saturated heterocycles. The van der Waals surface area contributed by atoms with Gasteiger partial charge in [0.15, 0.2) is 0 Å². The van der Waals surface area contributed by atoms with Crippen molar-refractivity contribution in [1.82, 2.24) is 4.90 Å². The van der Waals surface area contributed by atoms with E-state index in [9.17, 15) is 0 Å². The summed E-state index contributed by atoms with van der Waals surface area (Å²) in [5.74, 6) is 1.82. The first-order valence-electron chi connectivity index (χ1n) is 11.2. The SMILES string of the molecule is COc1cccc(C23CCCCC2CN(CCCCc2ccccc2)CC3)c1. The molecule has 0 aromatic heterocycles. The highest BCUT2D eigenvalue weighted by Gasteiger charge is 2.45. The number of unbranched alkanes of at least 4 members (excludes halogenated alkanes) is 1. The molecule has 1 heterocycles. The summed E-state index contributed by atoms with van der Waals surface area (Å²) in [5.41, 5.74) is 3.39. The highest BCUT2D eigenvalue weighted by Crippen LogP contribution is 2.49. The summed E-state index contributed by atoms with van der Waals surface area (Å²) in [4.78, 5) is 2.75. The highest BCUT2D eigenvalue weighted by molar-refractivity contribution is 5.35. The van der Waals surface area contributed by atoms with E-state index in [4.69, 9.17) is 4.74 Å². The molecule has 0 bridgehead atoms. The zero-order valence-corrected chi connectivity index (χ0v) is 17.4. The lowest BCUT2D eigenvalue weighted by atomic mass is 9.59. The van der Waals surface area contributed by atoms with Gasteiger partial charge < -0.3 is 9.64 Å². The second kappa shape index (κ2) is 9.13. The molecule has 2 aliphatic rings. The van der Waals surface area contributed by atoms with Crippen LogP contribution in [0.3, 0.4) is 0 Å². The number of aryl methyl sites for hydroxylation is 1. The fourth-order valence-corrected chi connectivity index (χ4v) is 5.64. The van der Waals surface area contributed by atoms with Gasteiger partial charge >= 0.3 is 0 Å². The second-order valence-electron chi connectivity index (χ2n) is 8.82. The number of ether oxygens (including phenoxy) is 1. The first kappa shape index (κ1) is 19.5. The van der Waals surface area contributed by atoms with Gasteiger partial charge in [0.2, 0.25) is 0 Å². The molecule has 0 radical (unpaired) electrons. The van der Waals surface area contributed by atoms with Gasteiger partial charge in [0.25, 0.3) is 0 Å². The summed E-state index contributed by atoms with van der Waals surface area (Å²) in [5, 5.41) is 0. The lowest BCUT2D eigenvalue weighted by molar-refractivity contribution is 0.0553. The minimum absolute atomic E-state index is 0.382. The number of piperidine rings is 1. The minimum Gasteiger partial charge on any atom is -0.497 e. The largest absolute Gasteiger partial charge is 0.497 e. The number of nitrogens with zero attached hydrogens (tertiary/aromatic N) is 1. The van der Waals surface area contributed by atoms with E-state index in [2.05, 4.69) is 59.5 Å². The van der Waals surface area contributed by atoms with Crippen LogP contribution < -0.4 is 4.74 Å². The average Bonchev–Trinajstić information content (AvgIpc) is 2.77. The molecule has 2 atom stereocenters. The van der Waals surface area contributed by atoms with E-state index in [1.54, 1.807) is 7.11 Å². The first-order valence-corrected chi connectivity index (χ1v) is 11.2. The molecule has 0 amide bonds. The molecule has 0 N–H and O–H groups in total. The van der Waals surface area contributed by atoms with E-state index in [1.807, 2.05) is 0 Å². The van der Waals surface area contributed by atoms with Crippen molar-refractivity contribution >= 4 is 0 Å². The van der Waals surface area contributed by atoms with Crippen LogP contribution in [0.15, 0.2) is 54.6 Å². The minimum atomic E-state index is 0.382. The first-order chi connectivity index (χ1) is 13.8. The van der Waals surface area contributed by atoms with E-state index in [1.165, 1.54) is 82.1 Å². The molecular formula is C26H35NO. The molecule has 2 aromatic carbocycles. The van der Waals surface area contributed by atoms with Crippen molar-refractivity contribution in [3.63, 3.8) is 0 Å². The summed E-state index contributed by atoms with van der Waals surface area (Å²) in [6, 6.07) is 19.9. The summed E-state index contributed by atoms with van der Waals surface area (Å²) in [7, 11) is 1.78. The topological polar surface area (TPSA) is 12.5 Å². The van der Waals surface area contributed by atoms with Gasteiger partial charge in [-0.3, -0.25) is 0 Å². The molecule has 1 saturated carbocycles. The Morgan fingerprint density at radius 3 is 2.75 bits per heavy atom. The monoisotopic (exact) mass is 377 g/mol. The standard InChI is InChI=1S/C26H35NO/c1-28-25-15-9-14-23(20-25)26-16-7-5-13-24(26)21-27(19-17-26)18-8-6-12-22-10-3-2-4-11-22/h2-4,9-11,14-15,20,24H,5-8,12-13,16-19,21H2,1H3. The van der Waals surface area contributed by atoms with Crippen LogP contribution in [-0.2, 0) is 11.8 Å². The number of rotatable bonds is 7. The maximum Gasteiger partial charge on any atom is 0.119 e. The Labute approximate surface area is 170 Å². The fourth-order valence-electron chi connectivity index (χ4n) is 5.64. The Hall–Kier alpha value is -1.80. The van der Waals surface area contributed by atoms with Gasteiger partial charge in [-0.2, -0.15) is 0 Å². The molecule has 150 valence electrons. The summed E-state index contributed by atoms with van der Waals surface area (Å²) >= 11 is 0. The molecular weight excluding hydrogens is 342 g/mol. The number of likely N-dealkylation sites (tertiary alicyclic amines) is 1. The number of fused-ring (bicyclic) bond motifs is 1. The van der Waals surface area contributed by atoms with Crippen molar-refractivity contribution in [3.8, 4) is 5.75 Å². The molecule has 2 nitrogen and oxygen atoms in total. The summed E-state index contributed by atoms with van der Waals surface area (Å²) < 4.78 is 5.53. The van der Waals surface area contributed by atoms with Crippen LogP contribution in [-0.4, -0.2) is 31.6 Å². The van der Waals surface area contributed by atoms with Crippen LogP contribution in [0.25, 0.3) is 0 Å². The van der Waals surface area contributed by atoms with Crippen molar-refractivity contribution in [1.29, 1.82) is 0 Å². The van der Waals surface area contributed by atoms with Crippen molar-refractivity contribution in [2.45, 2.75) is 56.8 Å². The maximum atomic E-state index is 5.53. The van der Waals surface area contributed by atoms with Gasteiger partial charge in [-0.1, -0.05) is 55.3 Å². The molecule has 2 unspecified atom stereocenters. The molecule has 0 spiro atoms. The van der Waals surface area contributed by atoms with Gasteiger partial charge in [0, 0.05) is 12.0 Å². The van der Waals surface area contributed by atoms with Crippen LogP contribution in [0, 0.1) is 5.92 Å². The third-order valence-corrected chi connectivity index (χ3v) is 7.24. The normalized spacial score (nSPS) is 25.2. The molecule has 2 aromatic rings. The van der Waals surface area contributed by atoms with Gasteiger partial charge in [-0.15, -0.1) is 0 Å². The van der Waals surface area contributed by atoms with Crippen molar-refractivity contribution in [2.24, 2.45) is 5.92 Å². The van der Waals surface area contributed by atoms with Crippen molar-refractivity contribution in [2.75, 3.05) is 26.7 Å². The molecule has 4 rings (SSSR count). The lowest BCUT2D eigenvalue weighted by Crippen LogP contribution is -2.51. The van der Waals surface area contributed by atoms with Crippen LogP contribution in [0.1, 0.15) is 56.1 Å². The quantitative estimate of drug-likeness (QED) is 0.561. The summed E-state index contributed by atoms with van der Waals surface area (Å²) in [6.45, 7) is 3.79. The molecule has 28 heavy (non-hydrogen) atoms. The Morgan fingerprint density at radius 1 is 1.00 bits per heavy atom. The zero-order valence-electron chi connectivity index (χ0n) is 17.4. The Balaban J connectivity index is 1.35. The van der Waals surface area contributed by atoms with Crippen LogP contribution in [0.4, 0.5) is 0 Å². The van der Waals surface area contributed by atoms with Crippen molar-refractivity contribution in [3.05, 3.63) is 65.7 Å². The van der Waals surface area contributed by atoms with E-state index >= 15 is 0 Å². The van der Waals surface area contributed by atoms with Crippen LogP contribution >= 0.6 is 0 Å². The number of hydrogen-bond acceptors (Lipinski definition) is 2. The molecule has 2 heteroatoms. The van der Waals surface area contributed by atoms with E-state index in [0.29, 0.717) is 5.41 Å². The third-order valence-electron chi connectivity index (χ3n) is 7.24. The Morgan fingerprint density at radius 2 is 1.89 bits per heavy atom. The van der Waals surface area contributed by atoms with Crippen LogP contribution in [0.5, 0.6) is 5.75 Å². The predicted octanol–water partition coefficient (Wildman–Crippen LogP) is 5.85. The smallest absolute Gasteiger partial charge is 0.119 e. The van der Waals surface area contributed by atoms with Gasteiger partial charge in [0.05, 0.1) is 7.11 Å². The third kappa shape index (κ3) is 4.27. The van der Waals surface area contributed by atoms with E-state index < -0.39 is 0 Å². The van der Waals surface area contributed by atoms with Gasteiger partial charge in [-0.25, -0.2) is 0 Å². The number of methoxy groups -OCH3 is 1. The second-order valence-corrected chi connectivity index (χ2v) is 8.82. The fraction of sp³-hybridized carbons (Fsp3) is 0.538. The van der Waals surface area contributed by atoms with Gasteiger partial charge in [-0.05, 0) is 80.8 Å². The lowest BCUT2D eigenvalue weighted by Gasteiger charge is -2.51. The predicted molar refractivity (Wildman–Crippen MR) is 117 cm³/mol. The Kier molecular flexibility index (Phi) is 6.36.